The van der Waals surface area contributed by atoms with E-state index >= 15 is 0 Å². The SMILES string of the molecule is O=C(NCCN1C(=O)S/C(=C\c2ccc([N+](=O)[O-])cc2)C1=O)c1cc(-c2ccc(Cl)s2)nc2ccccc12. The maximum absolute atomic E-state index is 13.2. The molecule has 1 saturated heterocycles. The number of pyridine rings is 1. The number of benzene rings is 2. The number of amides is 3. The summed E-state index contributed by atoms with van der Waals surface area (Å²) >= 11 is 8.22. The van der Waals surface area contributed by atoms with Gasteiger partial charge in [-0.1, -0.05) is 29.8 Å². The maximum atomic E-state index is 13.2. The summed E-state index contributed by atoms with van der Waals surface area (Å²) in [6.45, 7) is 0.0446. The molecule has 38 heavy (non-hydrogen) atoms. The van der Waals surface area contributed by atoms with Crippen molar-refractivity contribution in [3.63, 3.8) is 0 Å². The fourth-order valence-electron chi connectivity index (χ4n) is 3.85. The fraction of sp³-hybridized carbons (Fsp3) is 0.0769. The van der Waals surface area contributed by atoms with E-state index in [1.165, 1.54) is 41.7 Å². The quantitative estimate of drug-likeness (QED) is 0.166. The summed E-state index contributed by atoms with van der Waals surface area (Å²) < 4.78 is 0.612. The van der Waals surface area contributed by atoms with Gasteiger partial charge in [0.05, 0.1) is 35.8 Å². The van der Waals surface area contributed by atoms with Gasteiger partial charge in [-0.2, -0.15) is 0 Å². The van der Waals surface area contributed by atoms with Gasteiger partial charge in [0.2, 0.25) is 0 Å². The van der Waals surface area contributed by atoms with Gasteiger partial charge in [0, 0.05) is 30.6 Å². The van der Waals surface area contributed by atoms with Crippen LogP contribution in [0.1, 0.15) is 15.9 Å². The third-order valence-corrected chi connectivity index (χ3v) is 7.84. The highest BCUT2D eigenvalue weighted by molar-refractivity contribution is 8.18. The molecule has 0 radical (unpaired) electrons. The lowest BCUT2D eigenvalue weighted by Gasteiger charge is -2.14. The largest absolute Gasteiger partial charge is 0.350 e. The minimum absolute atomic E-state index is 0.00951. The minimum Gasteiger partial charge on any atom is -0.350 e. The smallest absolute Gasteiger partial charge is 0.293 e. The monoisotopic (exact) mass is 564 g/mol. The molecule has 1 N–H and O–H groups in total. The Hall–Kier alpha value is -4.06. The van der Waals surface area contributed by atoms with E-state index in [0.29, 0.717) is 32.1 Å². The van der Waals surface area contributed by atoms with Crippen molar-refractivity contribution in [1.82, 2.24) is 15.2 Å². The molecule has 5 rings (SSSR count). The number of hydrogen-bond donors (Lipinski definition) is 1. The van der Waals surface area contributed by atoms with Crippen LogP contribution in [-0.4, -0.2) is 45.0 Å². The number of fused-ring (bicyclic) bond motifs is 1. The zero-order chi connectivity index (χ0) is 26.8. The normalized spacial score (nSPS) is 14.4. The van der Waals surface area contributed by atoms with Crippen molar-refractivity contribution in [3.8, 4) is 10.6 Å². The van der Waals surface area contributed by atoms with E-state index in [1.807, 2.05) is 30.3 Å². The average Bonchev–Trinajstić information content (AvgIpc) is 3.46. The van der Waals surface area contributed by atoms with Gasteiger partial charge < -0.3 is 5.32 Å². The van der Waals surface area contributed by atoms with Crippen LogP contribution in [0.4, 0.5) is 10.5 Å². The van der Waals surface area contributed by atoms with Crippen LogP contribution in [0.3, 0.4) is 0 Å². The van der Waals surface area contributed by atoms with E-state index in [4.69, 9.17) is 11.6 Å². The second kappa shape index (κ2) is 10.7. The van der Waals surface area contributed by atoms with Crippen LogP contribution in [0.2, 0.25) is 4.34 Å². The van der Waals surface area contributed by atoms with Gasteiger partial charge in [0.15, 0.2) is 0 Å². The number of nitro benzene ring substituents is 1. The van der Waals surface area contributed by atoms with Crippen LogP contribution in [-0.2, 0) is 4.79 Å². The van der Waals surface area contributed by atoms with E-state index in [0.717, 1.165) is 21.5 Å². The average molecular weight is 565 g/mol. The van der Waals surface area contributed by atoms with Crippen LogP contribution >= 0.6 is 34.7 Å². The van der Waals surface area contributed by atoms with E-state index < -0.39 is 16.1 Å². The Morgan fingerprint density at radius 1 is 1.11 bits per heavy atom. The molecule has 12 heteroatoms. The summed E-state index contributed by atoms with van der Waals surface area (Å²) in [6, 6.07) is 18.3. The summed E-state index contributed by atoms with van der Waals surface area (Å²) in [5.41, 5.74) is 2.18. The van der Waals surface area contributed by atoms with Crippen molar-refractivity contribution in [2.24, 2.45) is 0 Å². The minimum atomic E-state index is -0.515. The topological polar surface area (TPSA) is 123 Å². The van der Waals surface area contributed by atoms with E-state index in [-0.39, 0.29) is 29.6 Å². The number of carbonyl (C=O) groups is 3. The number of non-ortho nitro benzene ring substituents is 1. The Morgan fingerprint density at radius 2 is 1.87 bits per heavy atom. The van der Waals surface area contributed by atoms with Crippen molar-refractivity contribution < 1.29 is 19.3 Å². The molecule has 1 fully saturated rings. The third kappa shape index (κ3) is 5.30. The van der Waals surface area contributed by atoms with Crippen LogP contribution in [0.15, 0.2) is 71.6 Å². The van der Waals surface area contributed by atoms with Crippen molar-refractivity contribution in [1.29, 1.82) is 0 Å². The summed E-state index contributed by atoms with van der Waals surface area (Å²) in [5, 5.41) is 13.8. The number of nitro groups is 1. The number of rotatable bonds is 7. The maximum Gasteiger partial charge on any atom is 0.293 e. The van der Waals surface area contributed by atoms with Crippen molar-refractivity contribution in [2.75, 3.05) is 13.1 Å². The number of aromatic nitrogens is 1. The highest BCUT2D eigenvalue weighted by Crippen LogP contribution is 2.33. The molecule has 0 unspecified atom stereocenters. The number of hydrogen-bond acceptors (Lipinski definition) is 8. The van der Waals surface area contributed by atoms with Crippen LogP contribution < -0.4 is 5.32 Å². The molecule has 0 atom stereocenters. The van der Waals surface area contributed by atoms with Crippen molar-refractivity contribution >= 4 is 74.4 Å². The number of imide groups is 1. The molecule has 0 spiro atoms. The summed E-state index contributed by atoms with van der Waals surface area (Å²) in [5.74, 6) is -0.847. The molecule has 3 amide bonds. The predicted octanol–water partition coefficient (Wildman–Crippen LogP) is 5.99. The lowest BCUT2D eigenvalue weighted by atomic mass is 10.1. The number of nitrogens with zero attached hydrogens (tertiary/aromatic N) is 3. The van der Waals surface area contributed by atoms with Gasteiger partial charge in [-0.15, -0.1) is 11.3 Å². The lowest BCUT2D eigenvalue weighted by molar-refractivity contribution is -0.384. The molecule has 0 bridgehead atoms. The first-order valence-corrected chi connectivity index (χ1v) is 13.2. The number of para-hydroxylation sites is 1. The number of nitrogens with one attached hydrogen (secondary N) is 1. The zero-order valence-corrected chi connectivity index (χ0v) is 21.8. The Balaban J connectivity index is 1.28. The molecular formula is C26H17ClN4O5S2. The molecule has 0 aliphatic carbocycles. The summed E-state index contributed by atoms with van der Waals surface area (Å²) in [4.78, 5) is 55.5. The zero-order valence-electron chi connectivity index (χ0n) is 19.4. The highest BCUT2D eigenvalue weighted by Gasteiger charge is 2.34. The molecule has 4 aromatic rings. The van der Waals surface area contributed by atoms with Crippen molar-refractivity contribution in [3.05, 3.63) is 97.2 Å². The van der Waals surface area contributed by atoms with Crippen LogP contribution in [0, 0.1) is 10.1 Å². The number of thiophene rings is 1. The fourth-order valence-corrected chi connectivity index (χ4v) is 5.72. The first-order valence-electron chi connectivity index (χ1n) is 11.2. The Kier molecular flexibility index (Phi) is 7.23. The second-order valence-electron chi connectivity index (χ2n) is 8.11. The summed E-state index contributed by atoms with van der Waals surface area (Å²) in [6.07, 6.45) is 1.51. The first kappa shape index (κ1) is 25.6. The van der Waals surface area contributed by atoms with Gasteiger partial charge in [-0.3, -0.25) is 29.4 Å². The summed E-state index contributed by atoms with van der Waals surface area (Å²) in [7, 11) is 0. The number of thioether (sulfide) groups is 1. The Bertz CT molecular complexity index is 1630. The molecule has 1 aliphatic heterocycles. The molecule has 9 nitrogen and oxygen atoms in total. The van der Waals surface area contributed by atoms with Gasteiger partial charge in [-0.05, 0) is 59.8 Å². The van der Waals surface area contributed by atoms with Crippen molar-refractivity contribution in [2.45, 2.75) is 0 Å². The van der Waals surface area contributed by atoms with Gasteiger partial charge >= 0.3 is 0 Å². The molecule has 3 heterocycles. The van der Waals surface area contributed by atoms with Crippen LogP contribution in [0.5, 0.6) is 0 Å². The Morgan fingerprint density at radius 3 is 2.58 bits per heavy atom. The molecule has 2 aromatic carbocycles. The van der Waals surface area contributed by atoms with E-state index in [2.05, 4.69) is 10.3 Å². The van der Waals surface area contributed by atoms with Crippen LogP contribution in [0.25, 0.3) is 27.6 Å². The first-order chi connectivity index (χ1) is 18.3. The molecule has 1 aliphatic rings. The number of halogens is 1. The third-order valence-electron chi connectivity index (χ3n) is 5.68. The van der Waals surface area contributed by atoms with Gasteiger partial charge in [0.25, 0.3) is 22.7 Å². The van der Waals surface area contributed by atoms with Gasteiger partial charge in [-0.25, -0.2) is 4.98 Å². The number of carbonyl (C=O) groups excluding carboxylic acids is 3. The molecular weight excluding hydrogens is 548 g/mol. The molecule has 2 aromatic heterocycles. The van der Waals surface area contributed by atoms with E-state index in [1.54, 1.807) is 12.1 Å². The van der Waals surface area contributed by atoms with Gasteiger partial charge in [0.1, 0.15) is 0 Å². The highest BCUT2D eigenvalue weighted by atomic mass is 35.5. The predicted molar refractivity (Wildman–Crippen MR) is 148 cm³/mol. The van der Waals surface area contributed by atoms with E-state index in [9.17, 15) is 24.5 Å². The standard InChI is InChI=1S/C26H17ClN4O5S2/c27-23-10-9-21(37-23)20-14-18(17-3-1-2-4-19(17)29-20)24(32)28-11-12-30-25(33)22(38-26(30)34)13-15-5-7-16(8-6-15)31(35)36/h1-10,13-14H,11-12H2,(H,28,32)/b22-13-. The molecule has 0 saturated carbocycles. The molecule has 190 valence electrons. The Labute approximate surface area is 229 Å². The lowest BCUT2D eigenvalue weighted by Crippen LogP contribution is -2.37. The second-order valence-corrected chi connectivity index (χ2v) is 10.8.